The van der Waals surface area contributed by atoms with Crippen LogP contribution in [0.2, 0.25) is 0 Å². The predicted octanol–water partition coefficient (Wildman–Crippen LogP) is 4.37. The Hall–Kier alpha value is -4.44. The molecule has 174 valence electrons. The highest BCUT2D eigenvalue weighted by Crippen LogP contribution is 2.37. The van der Waals surface area contributed by atoms with Crippen molar-refractivity contribution in [2.45, 2.75) is 0 Å². The molecule has 5 rings (SSSR count). The van der Waals surface area contributed by atoms with Gasteiger partial charge in [-0.1, -0.05) is 18.2 Å². The van der Waals surface area contributed by atoms with E-state index in [9.17, 15) is 19.1 Å². The van der Waals surface area contributed by atoms with E-state index in [0.29, 0.717) is 33.2 Å². The number of carbonyl (C=O) groups excluding carboxylic acids is 2. The molecule has 10 heteroatoms. The minimum Gasteiger partial charge on any atom is -0.508 e. The first-order chi connectivity index (χ1) is 16.9. The Morgan fingerprint density at radius 1 is 1.06 bits per heavy atom. The number of phenols is 1. The van der Waals surface area contributed by atoms with Gasteiger partial charge in [0.05, 0.1) is 23.4 Å². The van der Waals surface area contributed by atoms with E-state index in [-0.39, 0.29) is 22.5 Å². The Bertz CT molecular complexity index is 1450. The number of hydrogen-bond donors (Lipinski definition) is 2. The molecule has 0 aliphatic carbocycles. The van der Waals surface area contributed by atoms with Crippen LogP contribution in [0, 0.1) is 5.82 Å². The fourth-order valence-electron chi connectivity index (χ4n) is 3.56. The smallest absolute Gasteiger partial charge is 0.276 e. The van der Waals surface area contributed by atoms with Gasteiger partial charge in [-0.3, -0.25) is 14.5 Å². The number of amidine groups is 1. The van der Waals surface area contributed by atoms with E-state index in [0.717, 1.165) is 11.8 Å². The van der Waals surface area contributed by atoms with Gasteiger partial charge >= 0.3 is 0 Å². The molecule has 2 aliphatic rings. The molecule has 1 saturated heterocycles. The van der Waals surface area contributed by atoms with Crippen molar-refractivity contribution in [1.82, 2.24) is 0 Å². The zero-order valence-corrected chi connectivity index (χ0v) is 19.0. The quantitative estimate of drug-likeness (QED) is 0.419. The summed E-state index contributed by atoms with van der Waals surface area (Å²) in [7, 11) is 1.52. The fourth-order valence-corrected chi connectivity index (χ4v) is 4.49. The van der Waals surface area contributed by atoms with Crippen molar-refractivity contribution >= 4 is 51.9 Å². The number of halogens is 1. The van der Waals surface area contributed by atoms with Crippen molar-refractivity contribution in [3.8, 4) is 11.5 Å². The zero-order valence-electron chi connectivity index (χ0n) is 18.2. The largest absolute Gasteiger partial charge is 0.508 e. The highest BCUT2D eigenvalue weighted by molar-refractivity contribution is 8.19. The number of aromatic hydroxyl groups is 1. The van der Waals surface area contributed by atoms with E-state index in [1.165, 1.54) is 42.3 Å². The predicted molar refractivity (Wildman–Crippen MR) is 133 cm³/mol. The van der Waals surface area contributed by atoms with Crippen molar-refractivity contribution in [1.29, 1.82) is 0 Å². The summed E-state index contributed by atoms with van der Waals surface area (Å²) in [6.07, 6.45) is 1.67. The molecule has 2 heterocycles. The summed E-state index contributed by atoms with van der Waals surface area (Å²) in [6.45, 7) is 0. The molecule has 35 heavy (non-hydrogen) atoms. The molecule has 1 fully saturated rings. The van der Waals surface area contributed by atoms with Crippen LogP contribution in [-0.2, 0) is 9.59 Å². The first kappa shape index (κ1) is 22.4. The molecule has 0 spiro atoms. The molecule has 3 aromatic rings. The summed E-state index contributed by atoms with van der Waals surface area (Å²) >= 11 is 1.07. The van der Waals surface area contributed by atoms with E-state index >= 15 is 0 Å². The molecule has 8 nitrogen and oxygen atoms in total. The highest BCUT2D eigenvalue weighted by Gasteiger charge is 2.35. The van der Waals surface area contributed by atoms with Gasteiger partial charge in [0, 0.05) is 11.6 Å². The van der Waals surface area contributed by atoms with E-state index in [1.54, 1.807) is 42.5 Å². The summed E-state index contributed by atoms with van der Waals surface area (Å²) in [5.74, 6) is -0.723. The number of fused-ring (bicyclic) bond motifs is 1. The molecule has 0 saturated carbocycles. The van der Waals surface area contributed by atoms with E-state index in [4.69, 9.17) is 4.74 Å². The average molecular weight is 489 g/mol. The van der Waals surface area contributed by atoms with E-state index in [2.05, 4.69) is 15.5 Å². The number of carbonyl (C=O) groups is 2. The van der Waals surface area contributed by atoms with Crippen LogP contribution in [0.15, 0.2) is 81.8 Å². The van der Waals surface area contributed by atoms with Gasteiger partial charge in [0.1, 0.15) is 17.3 Å². The molecular formula is C25H17FN4O4S. The van der Waals surface area contributed by atoms with Crippen molar-refractivity contribution in [2.24, 2.45) is 10.2 Å². The number of rotatable bonds is 4. The van der Waals surface area contributed by atoms with Gasteiger partial charge in [0.2, 0.25) is 5.17 Å². The standard InChI is InChI=1S/C25H17FN4O4S/c1-34-18-4-2-3-16(13-18)30-24(33)21(11-14-5-8-17(31)9-6-14)35-25(30)29-28-22-19-12-15(26)7-10-20(19)27-23(22)32/h2-13,31H,1H3,(H,27,28,32). The summed E-state index contributed by atoms with van der Waals surface area (Å²) in [4.78, 5) is 27.5. The number of phenolic OH excluding ortho intramolecular Hbond substituents is 1. The fraction of sp³-hybridized carbons (Fsp3) is 0.0400. The first-order valence-electron chi connectivity index (χ1n) is 10.4. The Balaban J connectivity index is 1.58. The number of nitrogens with one attached hydrogen (secondary N) is 1. The monoisotopic (exact) mass is 488 g/mol. The summed E-state index contributed by atoms with van der Waals surface area (Å²) < 4.78 is 19.1. The number of nitrogens with zero attached hydrogens (tertiary/aromatic N) is 3. The molecular weight excluding hydrogens is 471 g/mol. The topological polar surface area (TPSA) is 104 Å². The van der Waals surface area contributed by atoms with Gasteiger partial charge in [-0.15, -0.1) is 10.2 Å². The Labute approximate surface area is 203 Å². The molecule has 0 aromatic heterocycles. The first-order valence-corrected chi connectivity index (χ1v) is 11.2. The molecule has 2 aliphatic heterocycles. The number of hydrogen-bond acceptors (Lipinski definition) is 7. The molecule has 0 atom stereocenters. The van der Waals surface area contributed by atoms with E-state index < -0.39 is 11.7 Å². The second-order valence-corrected chi connectivity index (χ2v) is 8.53. The minimum absolute atomic E-state index is 0.0541. The average Bonchev–Trinajstić information content (AvgIpc) is 3.33. The van der Waals surface area contributed by atoms with Gasteiger partial charge < -0.3 is 15.2 Å². The minimum atomic E-state index is -0.517. The lowest BCUT2D eigenvalue weighted by Crippen LogP contribution is -2.28. The van der Waals surface area contributed by atoms with Crippen LogP contribution in [0.5, 0.6) is 11.5 Å². The summed E-state index contributed by atoms with van der Waals surface area (Å²) in [5, 5.41) is 20.7. The van der Waals surface area contributed by atoms with Crippen molar-refractivity contribution in [3.05, 3.63) is 88.6 Å². The molecule has 0 bridgehead atoms. The number of anilines is 2. The van der Waals surface area contributed by atoms with Gasteiger partial charge in [-0.2, -0.15) is 0 Å². The van der Waals surface area contributed by atoms with Crippen LogP contribution < -0.4 is 15.0 Å². The Kier molecular flexibility index (Phi) is 5.79. The Morgan fingerprint density at radius 2 is 1.86 bits per heavy atom. The normalized spacial score (nSPS) is 18.5. The lowest BCUT2D eigenvalue weighted by atomic mass is 10.1. The summed E-state index contributed by atoms with van der Waals surface area (Å²) in [5.41, 5.74) is 1.87. The van der Waals surface area contributed by atoms with Crippen LogP contribution >= 0.6 is 11.8 Å². The van der Waals surface area contributed by atoms with Gasteiger partial charge in [0.15, 0.2) is 5.71 Å². The second-order valence-electron chi connectivity index (χ2n) is 7.52. The van der Waals surface area contributed by atoms with Crippen molar-refractivity contribution in [2.75, 3.05) is 17.3 Å². The second kappa shape index (κ2) is 9.07. The lowest BCUT2D eigenvalue weighted by Gasteiger charge is -2.15. The third kappa shape index (κ3) is 4.38. The number of amides is 2. The molecule has 3 aromatic carbocycles. The molecule has 0 unspecified atom stereocenters. The summed E-state index contributed by atoms with van der Waals surface area (Å²) in [6, 6.07) is 17.2. The third-order valence-electron chi connectivity index (χ3n) is 5.24. The maximum atomic E-state index is 13.8. The highest BCUT2D eigenvalue weighted by atomic mass is 32.2. The van der Waals surface area contributed by atoms with Crippen LogP contribution in [0.1, 0.15) is 11.1 Å². The van der Waals surface area contributed by atoms with Crippen molar-refractivity contribution in [3.63, 3.8) is 0 Å². The number of thioether (sulfide) groups is 1. The van der Waals surface area contributed by atoms with Gasteiger partial charge in [-0.05, 0) is 65.9 Å². The van der Waals surface area contributed by atoms with Gasteiger partial charge in [-0.25, -0.2) is 4.39 Å². The van der Waals surface area contributed by atoms with Crippen molar-refractivity contribution < 1.29 is 23.8 Å². The number of benzene rings is 3. The van der Waals surface area contributed by atoms with Crippen LogP contribution in [0.3, 0.4) is 0 Å². The maximum Gasteiger partial charge on any atom is 0.276 e. The zero-order chi connectivity index (χ0) is 24.5. The van der Waals surface area contributed by atoms with Gasteiger partial charge in [0.25, 0.3) is 11.8 Å². The molecule has 2 N–H and O–H groups in total. The van der Waals surface area contributed by atoms with Crippen LogP contribution in [0.4, 0.5) is 15.8 Å². The SMILES string of the molecule is COc1cccc(N2C(=O)C(=Cc3ccc(O)cc3)SC2=NN=C2C(=O)Nc3ccc(F)cc32)c1. The lowest BCUT2D eigenvalue weighted by molar-refractivity contribution is -0.113. The molecule has 2 amide bonds. The van der Waals surface area contributed by atoms with E-state index in [1.807, 2.05) is 0 Å². The van der Waals surface area contributed by atoms with Crippen LogP contribution in [0.25, 0.3) is 6.08 Å². The third-order valence-corrected chi connectivity index (χ3v) is 6.20. The molecule has 0 radical (unpaired) electrons. The number of ether oxygens (including phenoxy) is 1. The number of methoxy groups -OCH3 is 1. The maximum absolute atomic E-state index is 13.8. The van der Waals surface area contributed by atoms with Crippen LogP contribution in [-0.4, -0.2) is 34.9 Å². The Morgan fingerprint density at radius 3 is 2.63 bits per heavy atom.